The smallest absolute Gasteiger partial charge is 0.319 e. The molecule has 0 saturated carbocycles. The van der Waals surface area contributed by atoms with E-state index in [1.165, 1.54) is 18.5 Å². The summed E-state index contributed by atoms with van der Waals surface area (Å²) in [5, 5.41) is 5.66. The molecule has 4 nitrogen and oxygen atoms in total. The maximum Gasteiger partial charge on any atom is 0.319 e. The SMILES string of the molecule is CC1CCCN(c2ccc(NC(=O)NC(C)C)cc2)C1. The summed E-state index contributed by atoms with van der Waals surface area (Å²) < 4.78 is 0. The molecule has 1 aromatic carbocycles. The predicted molar refractivity (Wildman–Crippen MR) is 84.3 cm³/mol. The van der Waals surface area contributed by atoms with Crippen LogP contribution in [-0.4, -0.2) is 25.2 Å². The van der Waals surface area contributed by atoms with Crippen molar-refractivity contribution >= 4 is 17.4 Å². The van der Waals surface area contributed by atoms with Gasteiger partial charge in [-0.1, -0.05) is 6.92 Å². The van der Waals surface area contributed by atoms with Crippen molar-refractivity contribution in [2.24, 2.45) is 5.92 Å². The molecule has 2 N–H and O–H groups in total. The van der Waals surface area contributed by atoms with Crippen LogP contribution in [0.3, 0.4) is 0 Å². The summed E-state index contributed by atoms with van der Waals surface area (Å²) in [6.45, 7) is 8.45. The number of amides is 2. The second kappa shape index (κ2) is 6.64. The van der Waals surface area contributed by atoms with Gasteiger partial charge >= 0.3 is 6.03 Å². The maximum atomic E-state index is 11.6. The highest BCUT2D eigenvalue weighted by Crippen LogP contribution is 2.24. The molecule has 0 aromatic heterocycles. The first-order valence-electron chi connectivity index (χ1n) is 7.47. The number of nitrogens with zero attached hydrogens (tertiary/aromatic N) is 1. The highest BCUT2D eigenvalue weighted by atomic mass is 16.2. The van der Waals surface area contributed by atoms with E-state index in [-0.39, 0.29) is 12.1 Å². The van der Waals surface area contributed by atoms with Crippen LogP contribution < -0.4 is 15.5 Å². The maximum absolute atomic E-state index is 11.6. The van der Waals surface area contributed by atoms with Crippen molar-refractivity contribution in [2.45, 2.75) is 39.7 Å². The minimum absolute atomic E-state index is 0.143. The van der Waals surface area contributed by atoms with Crippen LogP contribution in [0.4, 0.5) is 16.2 Å². The first-order chi connectivity index (χ1) is 9.54. The van der Waals surface area contributed by atoms with Gasteiger partial charge in [0.2, 0.25) is 0 Å². The Labute approximate surface area is 121 Å². The van der Waals surface area contributed by atoms with Gasteiger partial charge in [-0.05, 0) is 56.9 Å². The lowest BCUT2D eigenvalue weighted by molar-refractivity contribution is 0.250. The first-order valence-corrected chi connectivity index (χ1v) is 7.47. The summed E-state index contributed by atoms with van der Waals surface area (Å²) in [4.78, 5) is 14.0. The van der Waals surface area contributed by atoms with Gasteiger partial charge in [-0.3, -0.25) is 0 Å². The Bertz CT molecular complexity index is 442. The number of carbonyl (C=O) groups excluding carboxylic acids is 1. The molecular weight excluding hydrogens is 250 g/mol. The van der Waals surface area contributed by atoms with Gasteiger partial charge in [0.15, 0.2) is 0 Å². The number of rotatable bonds is 3. The van der Waals surface area contributed by atoms with E-state index in [1.54, 1.807) is 0 Å². The summed E-state index contributed by atoms with van der Waals surface area (Å²) in [7, 11) is 0. The van der Waals surface area contributed by atoms with Crippen molar-refractivity contribution in [1.82, 2.24) is 5.32 Å². The Morgan fingerprint density at radius 2 is 2.00 bits per heavy atom. The third kappa shape index (κ3) is 4.15. The zero-order chi connectivity index (χ0) is 14.5. The average molecular weight is 275 g/mol. The zero-order valence-corrected chi connectivity index (χ0v) is 12.6. The summed E-state index contributed by atoms with van der Waals surface area (Å²) in [6, 6.07) is 8.10. The molecule has 0 bridgehead atoms. The molecule has 1 aliphatic rings. The fraction of sp³-hybridized carbons (Fsp3) is 0.562. The van der Waals surface area contributed by atoms with Crippen LogP contribution in [-0.2, 0) is 0 Å². The van der Waals surface area contributed by atoms with E-state index in [0.717, 1.165) is 24.7 Å². The van der Waals surface area contributed by atoms with Gasteiger partial charge in [-0.2, -0.15) is 0 Å². The number of hydrogen-bond acceptors (Lipinski definition) is 2. The minimum atomic E-state index is -0.153. The Kier molecular flexibility index (Phi) is 4.88. The fourth-order valence-corrected chi connectivity index (χ4v) is 2.61. The summed E-state index contributed by atoms with van der Waals surface area (Å²) in [5.41, 5.74) is 2.07. The highest BCUT2D eigenvalue weighted by molar-refractivity contribution is 5.89. The first kappa shape index (κ1) is 14.7. The van der Waals surface area contributed by atoms with Crippen LogP contribution in [0.1, 0.15) is 33.6 Å². The second-order valence-electron chi connectivity index (χ2n) is 5.99. The van der Waals surface area contributed by atoms with E-state index in [4.69, 9.17) is 0 Å². The third-order valence-electron chi connectivity index (χ3n) is 3.57. The molecular formula is C16H25N3O. The number of anilines is 2. The fourth-order valence-electron chi connectivity index (χ4n) is 2.61. The molecule has 1 atom stereocenters. The molecule has 4 heteroatoms. The lowest BCUT2D eigenvalue weighted by atomic mass is 10.00. The predicted octanol–water partition coefficient (Wildman–Crippen LogP) is 3.45. The second-order valence-corrected chi connectivity index (χ2v) is 5.99. The van der Waals surface area contributed by atoms with Crippen LogP contribution in [0.25, 0.3) is 0 Å². The molecule has 1 saturated heterocycles. The molecule has 0 spiro atoms. The van der Waals surface area contributed by atoms with Gasteiger partial charge in [-0.15, -0.1) is 0 Å². The number of piperidine rings is 1. The van der Waals surface area contributed by atoms with Gasteiger partial charge in [0.05, 0.1) is 0 Å². The van der Waals surface area contributed by atoms with Gasteiger partial charge in [0.25, 0.3) is 0 Å². The zero-order valence-electron chi connectivity index (χ0n) is 12.6. The molecule has 0 aliphatic carbocycles. The average Bonchev–Trinajstić information content (AvgIpc) is 2.38. The largest absolute Gasteiger partial charge is 0.371 e. The molecule has 20 heavy (non-hydrogen) atoms. The lowest BCUT2D eigenvalue weighted by Crippen LogP contribution is -2.34. The van der Waals surface area contributed by atoms with Gasteiger partial charge in [0.1, 0.15) is 0 Å². The van der Waals surface area contributed by atoms with Crippen molar-refractivity contribution in [2.75, 3.05) is 23.3 Å². The Hall–Kier alpha value is -1.71. The summed E-state index contributed by atoms with van der Waals surface area (Å²) >= 11 is 0. The highest BCUT2D eigenvalue weighted by Gasteiger charge is 2.16. The monoisotopic (exact) mass is 275 g/mol. The molecule has 1 aliphatic heterocycles. The Morgan fingerprint density at radius 1 is 1.30 bits per heavy atom. The topological polar surface area (TPSA) is 44.4 Å². The number of benzene rings is 1. The Morgan fingerprint density at radius 3 is 2.60 bits per heavy atom. The molecule has 2 amide bonds. The number of urea groups is 1. The third-order valence-corrected chi connectivity index (χ3v) is 3.57. The minimum Gasteiger partial charge on any atom is -0.371 e. The molecule has 110 valence electrons. The molecule has 1 unspecified atom stereocenters. The van der Waals surface area contributed by atoms with Crippen LogP contribution in [0.5, 0.6) is 0 Å². The number of carbonyl (C=O) groups is 1. The standard InChI is InChI=1S/C16H25N3O/c1-12(2)17-16(20)18-14-6-8-15(9-7-14)19-10-4-5-13(3)11-19/h6-9,12-13H,4-5,10-11H2,1-3H3,(H2,17,18,20). The quantitative estimate of drug-likeness (QED) is 0.887. The van der Waals surface area contributed by atoms with Crippen LogP contribution in [0, 0.1) is 5.92 Å². The van der Waals surface area contributed by atoms with Gasteiger partial charge < -0.3 is 15.5 Å². The van der Waals surface area contributed by atoms with Crippen LogP contribution in [0.2, 0.25) is 0 Å². The van der Waals surface area contributed by atoms with Crippen molar-refractivity contribution in [3.8, 4) is 0 Å². The van der Waals surface area contributed by atoms with Crippen molar-refractivity contribution in [1.29, 1.82) is 0 Å². The normalized spacial score (nSPS) is 19.0. The summed E-state index contributed by atoms with van der Waals surface area (Å²) in [5.74, 6) is 0.762. The van der Waals surface area contributed by atoms with Crippen molar-refractivity contribution in [3.05, 3.63) is 24.3 Å². The molecule has 1 fully saturated rings. The number of nitrogens with one attached hydrogen (secondary N) is 2. The lowest BCUT2D eigenvalue weighted by Gasteiger charge is -2.32. The van der Waals surface area contributed by atoms with E-state index in [0.29, 0.717) is 0 Å². The van der Waals surface area contributed by atoms with Crippen LogP contribution >= 0.6 is 0 Å². The van der Waals surface area contributed by atoms with Gasteiger partial charge in [0, 0.05) is 30.5 Å². The van der Waals surface area contributed by atoms with Crippen LogP contribution in [0.15, 0.2) is 24.3 Å². The van der Waals surface area contributed by atoms with E-state index >= 15 is 0 Å². The van der Waals surface area contributed by atoms with E-state index < -0.39 is 0 Å². The summed E-state index contributed by atoms with van der Waals surface area (Å²) in [6.07, 6.45) is 2.59. The number of hydrogen-bond donors (Lipinski definition) is 2. The van der Waals surface area contributed by atoms with Crippen molar-refractivity contribution in [3.63, 3.8) is 0 Å². The molecule has 1 aromatic rings. The molecule has 2 rings (SSSR count). The van der Waals surface area contributed by atoms with Gasteiger partial charge in [-0.25, -0.2) is 4.79 Å². The molecule has 1 heterocycles. The Balaban J connectivity index is 1.94. The van der Waals surface area contributed by atoms with Crippen molar-refractivity contribution < 1.29 is 4.79 Å². The van der Waals surface area contributed by atoms with E-state index in [1.807, 2.05) is 26.0 Å². The molecule has 0 radical (unpaired) electrons. The van der Waals surface area contributed by atoms with E-state index in [9.17, 15) is 4.79 Å². The van der Waals surface area contributed by atoms with E-state index in [2.05, 4.69) is 34.6 Å².